The molecule has 2 aliphatic heterocycles. The maximum absolute atomic E-state index is 12.6. The number of nitrogens with two attached hydrogens (primary N) is 2. The molecule has 0 aromatic rings. The minimum atomic E-state index is -3.36. The molecule has 27 heavy (non-hydrogen) atoms. The number of carbonyl (C=O) groups excluding carboxylic acids is 2. The van der Waals surface area contributed by atoms with Crippen LogP contribution in [0.4, 0.5) is 4.79 Å². The van der Waals surface area contributed by atoms with E-state index >= 15 is 0 Å². The SMILES string of the molecule is CS(=O)(=O)N1CCN(C(=O)N2C(=O)[C@H](CCCN=C(N)N)C2C(=O)O)CC1. The summed E-state index contributed by atoms with van der Waals surface area (Å²) in [5.74, 6) is -2.71. The lowest BCUT2D eigenvalue weighted by molar-refractivity contribution is -0.167. The molecule has 2 fully saturated rings. The average molecular weight is 404 g/mol. The topological polar surface area (TPSA) is 180 Å². The standard InChI is InChI=1S/C14H24N6O6S/c1-27(25,26)19-7-5-18(6-8-19)14(24)20-10(12(22)23)9(11(20)21)3-2-4-17-13(15)16/h9-10H,2-8H2,1H3,(H,22,23)(H4,15,16,17)/t9-,10?/m1/s1. The molecule has 0 spiro atoms. The van der Waals surface area contributed by atoms with Crippen molar-refractivity contribution in [3.63, 3.8) is 0 Å². The first-order valence-corrected chi connectivity index (χ1v) is 10.2. The fourth-order valence-electron chi connectivity index (χ4n) is 3.21. The van der Waals surface area contributed by atoms with Gasteiger partial charge in [0.05, 0.1) is 12.2 Å². The molecule has 5 N–H and O–H groups in total. The normalized spacial score (nSPS) is 23.7. The van der Waals surface area contributed by atoms with Crippen molar-refractivity contribution in [1.82, 2.24) is 14.1 Å². The van der Waals surface area contributed by atoms with Crippen molar-refractivity contribution in [3.8, 4) is 0 Å². The zero-order valence-electron chi connectivity index (χ0n) is 14.9. The number of carboxylic acids is 1. The van der Waals surface area contributed by atoms with Crippen LogP contribution >= 0.6 is 0 Å². The number of urea groups is 1. The zero-order chi connectivity index (χ0) is 20.4. The number of guanidine groups is 1. The lowest BCUT2D eigenvalue weighted by Crippen LogP contribution is -2.69. The average Bonchev–Trinajstić information content (AvgIpc) is 2.57. The monoisotopic (exact) mass is 404 g/mol. The minimum Gasteiger partial charge on any atom is -0.480 e. The molecule has 2 saturated heterocycles. The second-order valence-electron chi connectivity index (χ2n) is 6.48. The highest BCUT2D eigenvalue weighted by Crippen LogP contribution is 2.32. The van der Waals surface area contributed by atoms with Gasteiger partial charge < -0.3 is 21.5 Å². The molecule has 2 aliphatic rings. The fraction of sp³-hybridized carbons (Fsp3) is 0.714. The number of nitrogens with zero attached hydrogens (tertiary/aromatic N) is 4. The number of sulfonamides is 1. The fourth-order valence-corrected chi connectivity index (χ4v) is 4.04. The van der Waals surface area contributed by atoms with Crippen molar-refractivity contribution >= 4 is 33.9 Å². The highest BCUT2D eigenvalue weighted by molar-refractivity contribution is 7.88. The van der Waals surface area contributed by atoms with Gasteiger partial charge in [-0.05, 0) is 12.8 Å². The van der Waals surface area contributed by atoms with Crippen LogP contribution in [0.5, 0.6) is 0 Å². The molecule has 13 heteroatoms. The summed E-state index contributed by atoms with van der Waals surface area (Å²) in [6, 6.07) is -1.95. The molecule has 1 unspecified atom stereocenters. The summed E-state index contributed by atoms with van der Waals surface area (Å²) in [5, 5.41) is 9.41. The highest BCUT2D eigenvalue weighted by atomic mass is 32.2. The number of imide groups is 1. The summed E-state index contributed by atoms with van der Waals surface area (Å²) in [4.78, 5) is 42.3. The van der Waals surface area contributed by atoms with Gasteiger partial charge in [0.25, 0.3) is 0 Å². The smallest absolute Gasteiger partial charge is 0.327 e. The lowest BCUT2D eigenvalue weighted by atomic mass is 9.84. The van der Waals surface area contributed by atoms with Crippen LogP contribution in [-0.2, 0) is 19.6 Å². The van der Waals surface area contributed by atoms with E-state index in [0.717, 1.165) is 11.2 Å². The summed E-state index contributed by atoms with van der Waals surface area (Å²) in [6.07, 6.45) is 1.74. The number of hydrogen-bond acceptors (Lipinski definition) is 6. The number of carbonyl (C=O) groups is 3. The van der Waals surface area contributed by atoms with Crippen LogP contribution in [0, 0.1) is 5.92 Å². The molecule has 2 atom stereocenters. The van der Waals surface area contributed by atoms with Crippen LogP contribution in [0.25, 0.3) is 0 Å². The van der Waals surface area contributed by atoms with Gasteiger partial charge in [0.2, 0.25) is 15.9 Å². The summed E-state index contributed by atoms with van der Waals surface area (Å²) in [7, 11) is -3.36. The second kappa shape index (κ2) is 8.08. The van der Waals surface area contributed by atoms with Crippen molar-refractivity contribution in [3.05, 3.63) is 0 Å². The van der Waals surface area contributed by atoms with Gasteiger partial charge in [-0.15, -0.1) is 0 Å². The van der Waals surface area contributed by atoms with Gasteiger partial charge in [-0.3, -0.25) is 9.79 Å². The molecule has 152 valence electrons. The molecule has 0 aromatic carbocycles. The van der Waals surface area contributed by atoms with Crippen molar-refractivity contribution in [2.24, 2.45) is 22.4 Å². The van der Waals surface area contributed by atoms with Crippen molar-refractivity contribution in [2.45, 2.75) is 18.9 Å². The number of piperazine rings is 1. The van der Waals surface area contributed by atoms with Gasteiger partial charge in [0.15, 0.2) is 12.0 Å². The van der Waals surface area contributed by atoms with Gasteiger partial charge in [-0.25, -0.2) is 22.9 Å². The van der Waals surface area contributed by atoms with Crippen LogP contribution in [0.15, 0.2) is 4.99 Å². The van der Waals surface area contributed by atoms with E-state index in [2.05, 4.69) is 4.99 Å². The lowest BCUT2D eigenvalue weighted by Gasteiger charge is -2.46. The predicted octanol–water partition coefficient (Wildman–Crippen LogP) is -2.35. The van der Waals surface area contributed by atoms with Gasteiger partial charge in [-0.2, -0.15) is 4.31 Å². The van der Waals surface area contributed by atoms with E-state index in [1.807, 2.05) is 0 Å². The number of aliphatic carboxylic acids is 1. The molecule has 12 nitrogen and oxygen atoms in total. The molecule has 0 radical (unpaired) electrons. The predicted molar refractivity (Wildman–Crippen MR) is 95.1 cm³/mol. The van der Waals surface area contributed by atoms with Crippen LogP contribution in [0.2, 0.25) is 0 Å². The maximum Gasteiger partial charge on any atom is 0.327 e. The van der Waals surface area contributed by atoms with E-state index in [-0.39, 0.29) is 45.1 Å². The third-order valence-corrected chi connectivity index (χ3v) is 5.92. The highest BCUT2D eigenvalue weighted by Gasteiger charge is 2.55. The first-order chi connectivity index (χ1) is 12.5. The molecule has 2 heterocycles. The number of carboxylic acid groups (broad SMARTS) is 1. The Morgan fingerprint density at radius 1 is 1.22 bits per heavy atom. The Morgan fingerprint density at radius 3 is 2.30 bits per heavy atom. The Hall–Kier alpha value is -2.41. The number of rotatable bonds is 6. The Bertz CT molecular complexity index is 741. The van der Waals surface area contributed by atoms with Crippen LogP contribution in [0.1, 0.15) is 12.8 Å². The number of hydrogen-bond donors (Lipinski definition) is 3. The number of amides is 3. The molecular weight excluding hydrogens is 380 g/mol. The zero-order valence-corrected chi connectivity index (χ0v) is 15.8. The number of β-lactam (4-membered cyclic amide) rings is 1. The summed E-state index contributed by atoms with van der Waals surface area (Å²) in [6.45, 7) is 0.660. The Balaban J connectivity index is 1.97. The van der Waals surface area contributed by atoms with Crippen LogP contribution in [-0.4, -0.2) is 96.5 Å². The van der Waals surface area contributed by atoms with Crippen molar-refractivity contribution in [1.29, 1.82) is 0 Å². The van der Waals surface area contributed by atoms with E-state index in [1.54, 1.807) is 0 Å². The Labute approximate surface area is 156 Å². The first kappa shape index (κ1) is 20.9. The molecule has 0 saturated carbocycles. The van der Waals surface area contributed by atoms with Gasteiger partial charge in [0, 0.05) is 32.7 Å². The van der Waals surface area contributed by atoms with Crippen LogP contribution < -0.4 is 11.5 Å². The largest absolute Gasteiger partial charge is 0.480 e. The number of likely N-dealkylation sites (tertiary alicyclic amines) is 1. The van der Waals surface area contributed by atoms with Gasteiger partial charge in [0.1, 0.15) is 0 Å². The van der Waals surface area contributed by atoms with E-state index in [9.17, 15) is 27.9 Å². The minimum absolute atomic E-state index is 0.0882. The van der Waals surface area contributed by atoms with Gasteiger partial charge in [-0.1, -0.05) is 0 Å². The molecule has 0 bridgehead atoms. The first-order valence-electron chi connectivity index (χ1n) is 8.39. The Kier molecular flexibility index (Phi) is 6.26. The van der Waals surface area contributed by atoms with Crippen molar-refractivity contribution < 1.29 is 27.9 Å². The number of aliphatic imine (C=N–C) groups is 1. The van der Waals surface area contributed by atoms with Gasteiger partial charge >= 0.3 is 12.0 Å². The van der Waals surface area contributed by atoms with E-state index in [1.165, 1.54) is 9.21 Å². The Morgan fingerprint density at radius 2 is 1.81 bits per heavy atom. The summed E-state index contributed by atoms with van der Waals surface area (Å²) < 4.78 is 24.3. The second-order valence-corrected chi connectivity index (χ2v) is 8.46. The quantitative estimate of drug-likeness (QED) is 0.190. The van der Waals surface area contributed by atoms with E-state index in [0.29, 0.717) is 6.42 Å². The molecule has 3 amide bonds. The molecular formula is C14H24N6O6S. The maximum atomic E-state index is 12.6. The summed E-state index contributed by atoms with van der Waals surface area (Å²) in [5.41, 5.74) is 10.4. The molecule has 0 aliphatic carbocycles. The summed E-state index contributed by atoms with van der Waals surface area (Å²) >= 11 is 0. The molecule has 2 rings (SSSR count). The molecule has 0 aromatic heterocycles. The van der Waals surface area contributed by atoms with E-state index < -0.39 is 39.9 Å². The van der Waals surface area contributed by atoms with E-state index in [4.69, 9.17) is 11.5 Å². The van der Waals surface area contributed by atoms with Crippen LogP contribution in [0.3, 0.4) is 0 Å². The third-order valence-electron chi connectivity index (χ3n) is 4.62. The van der Waals surface area contributed by atoms with Crippen molar-refractivity contribution in [2.75, 3.05) is 39.0 Å². The third kappa shape index (κ3) is 4.66.